The molecule has 0 spiro atoms. The van der Waals surface area contributed by atoms with E-state index in [1.165, 1.54) is 5.69 Å². The van der Waals surface area contributed by atoms with Crippen LogP contribution in [0.15, 0.2) is 30.6 Å². The van der Waals surface area contributed by atoms with Gasteiger partial charge < -0.3 is 10.6 Å². The van der Waals surface area contributed by atoms with Gasteiger partial charge in [0.25, 0.3) is 0 Å². The van der Waals surface area contributed by atoms with E-state index in [9.17, 15) is 0 Å². The summed E-state index contributed by atoms with van der Waals surface area (Å²) >= 11 is 0. The van der Waals surface area contributed by atoms with Gasteiger partial charge in [-0.05, 0) is 25.1 Å². The molecule has 0 bridgehead atoms. The molecule has 1 aromatic carbocycles. The lowest BCUT2D eigenvalue weighted by molar-refractivity contribution is 0.973. The predicted molar refractivity (Wildman–Crippen MR) is 65.1 cm³/mol. The summed E-state index contributed by atoms with van der Waals surface area (Å²) in [7, 11) is 2.07. The van der Waals surface area contributed by atoms with Crippen molar-refractivity contribution < 1.29 is 0 Å². The Morgan fingerprint density at radius 2 is 2.07 bits per heavy atom. The molecule has 0 aliphatic heterocycles. The van der Waals surface area contributed by atoms with Crippen LogP contribution in [-0.4, -0.2) is 18.6 Å². The molecule has 0 aliphatic rings. The number of rotatable bonds is 2. The molecule has 0 atom stereocenters. The predicted octanol–water partition coefficient (Wildman–Crippen LogP) is 2.27. The summed E-state index contributed by atoms with van der Waals surface area (Å²) in [6.45, 7) is 3.09. The van der Waals surface area contributed by atoms with E-state index < -0.39 is 0 Å². The molecular formula is C12H15N3. The standard InChI is InChI=1S/C12H15N3/c1-3-15(2)12-5-4-11(13)9-6-7-14-8-10(9)12/h4-8H,3,13H2,1-2H3. The number of fused-ring (bicyclic) bond motifs is 1. The van der Waals surface area contributed by atoms with Gasteiger partial charge in [0, 0.05) is 48.1 Å². The second kappa shape index (κ2) is 3.77. The Morgan fingerprint density at radius 1 is 1.27 bits per heavy atom. The summed E-state index contributed by atoms with van der Waals surface area (Å²) in [6.07, 6.45) is 3.64. The second-order valence-corrected chi connectivity index (χ2v) is 3.61. The molecule has 0 radical (unpaired) electrons. The molecule has 3 nitrogen and oxygen atoms in total. The van der Waals surface area contributed by atoms with Crippen molar-refractivity contribution in [3.8, 4) is 0 Å². The van der Waals surface area contributed by atoms with Gasteiger partial charge in [-0.2, -0.15) is 0 Å². The molecule has 0 unspecified atom stereocenters. The van der Waals surface area contributed by atoms with E-state index in [0.29, 0.717) is 0 Å². The van der Waals surface area contributed by atoms with Gasteiger partial charge >= 0.3 is 0 Å². The van der Waals surface area contributed by atoms with E-state index in [0.717, 1.165) is 23.0 Å². The number of aromatic nitrogens is 1. The summed E-state index contributed by atoms with van der Waals surface area (Å²) in [6, 6.07) is 5.95. The lowest BCUT2D eigenvalue weighted by Gasteiger charge is -2.19. The van der Waals surface area contributed by atoms with Crippen LogP contribution in [0.3, 0.4) is 0 Å². The lowest BCUT2D eigenvalue weighted by Crippen LogP contribution is -2.16. The van der Waals surface area contributed by atoms with E-state index in [4.69, 9.17) is 5.73 Å². The van der Waals surface area contributed by atoms with Crippen molar-refractivity contribution in [1.82, 2.24) is 4.98 Å². The molecule has 15 heavy (non-hydrogen) atoms. The van der Waals surface area contributed by atoms with Crippen LogP contribution in [0.2, 0.25) is 0 Å². The van der Waals surface area contributed by atoms with Gasteiger partial charge in [-0.25, -0.2) is 0 Å². The van der Waals surface area contributed by atoms with Gasteiger partial charge in [0.15, 0.2) is 0 Å². The molecule has 2 N–H and O–H groups in total. The fourth-order valence-corrected chi connectivity index (χ4v) is 1.70. The Morgan fingerprint density at radius 3 is 2.80 bits per heavy atom. The summed E-state index contributed by atoms with van der Waals surface area (Å²) in [4.78, 5) is 6.33. The minimum absolute atomic E-state index is 0.806. The normalized spacial score (nSPS) is 10.5. The highest BCUT2D eigenvalue weighted by atomic mass is 15.1. The van der Waals surface area contributed by atoms with Crippen LogP contribution in [0.4, 0.5) is 11.4 Å². The van der Waals surface area contributed by atoms with Crippen LogP contribution in [0, 0.1) is 0 Å². The largest absolute Gasteiger partial charge is 0.398 e. The average Bonchev–Trinajstić information content (AvgIpc) is 2.29. The van der Waals surface area contributed by atoms with Gasteiger partial charge in [-0.15, -0.1) is 0 Å². The number of nitrogen functional groups attached to an aromatic ring is 1. The fourth-order valence-electron chi connectivity index (χ4n) is 1.70. The van der Waals surface area contributed by atoms with Crippen molar-refractivity contribution in [2.45, 2.75) is 6.92 Å². The van der Waals surface area contributed by atoms with E-state index in [-0.39, 0.29) is 0 Å². The second-order valence-electron chi connectivity index (χ2n) is 3.61. The minimum Gasteiger partial charge on any atom is -0.398 e. The smallest absolute Gasteiger partial charge is 0.0460 e. The molecule has 0 amide bonds. The maximum atomic E-state index is 5.92. The summed E-state index contributed by atoms with van der Waals surface area (Å²) in [5.74, 6) is 0. The number of hydrogen-bond donors (Lipinski definition) is 1. The highest BCUT2D eigenvalue weighted by Gasteiger charge is 2.06. The zero-order chi connectivity index (χ0) is 10.8. The van der Waals surface area contributed by atoms with Crippen LogP contribution < -0.4 is 10.6 Å². The molecule has 1 heterocycles. The molecular weight excluding hydrogens is 186 g/mol. The fraction of sp³-hybridized carbons (Fsp3) is 0.250. The van der Waals surface area contributed by atoms with Crippen molar-refractivity contribution in [2.75, 3.05) is 24.2 Å². The van der Waals surface area contributed by atoms with Crippen LogP contribution in [0.1, 0.15) is 6.92 Å². The Bertz CT molecular complexity index is 479. The van der Waals surface area contributed by atoms with Gasteiger partial charge in [0.05, 0.1) is 0 Å². The topological polar surface area (TPSA) is 42.1 Å². The number of nitrogens with zero attached hydrogens (tertiary/aromatic N) is 2. The maximum absolute atomic E-state index is 5.92. The monoisotopic (exact) mass is 201 g/mol. The Hall–Kier alpha value is -1.77. The zero-order valence-corrected chi connectivity index (χ0v) is 9.07. The number of pyridine rings is 1. The quantitative estimate of drug-likeness (QED) is 0.758. The number of anilines is 2. The van der Waals surface area contributed by atoms with Gasteiger partial charge in [-0.1, -0.05) is 0 Å². The molecule has 0 fully saturated rings. The Labute approximate surface area is 89.5 Å². The first-order valence-electron chi connectivity index (χ1n) is 5.07. The highest BCUT2D eigenvalue weighted by Crippen LogP contribution is 2.29. The number of hydrogen-bond acceptors (Lipinski definition) is 3. The molecule has 0 aliphatic carbocycles. The van der Waals surface area contributed by atoms with E-state index in [1.54, 1.807) is 6.20 Å². The summed E-state index contributed by atoms with van der Waals surface area (Å²) < 4.78 is 0. The first-order chi connectivity index (χ1) is 7.24. The van der Waals surface area contributed by atoms with Crippen molar-refractivity contribution in [2.24, 2.45) is 0 Å². The van der Waals surface area contributed by atoms with Gasteiger partial charge in [0.2, 0.25) is 0 Å². The first-order valence-corrected chi connectivity index (χ1v) is 5.07. The van der Waals surface area contributed by atoms with E-state index >= 15 is 0 Å². The van der Waals surface area contributed by atoms with E-state index in [2.05, 4.69) is 23.9 Å². The third kappa shape index (κ3) is 1.61. The van der Waals surface area contributed by atoms with Crippen molar-refractivity contribution >= 4 is 22.1 Å². The van der Waals surface area contributed by atoms with Crippen LogP contribution in [0.25, 0.3) is 10.8 Å². The highest BCUT2D eigenvalue weighted by molar-refractivity contribution is 6.00. The Kier molecular flexibility index (Phi) is 2.46. The zero-order valence-electron chi connectivity index (χ0n) is 9.07. The van der Waals surface area contributed by atoms with Crippen molar-refractivity contribution in [3.63, 3.8) is 0 Å². The van der Waals surface area contributed by atoms with Crippen LogP contribution >= 0.6 is 0 Å². The van der Waals surface area contributed by atoms with Crippen LogP contribution in [0.5, 0.6) is 0 Å². The minimum atomic E-state index is 0.806. The SMILES string of the molecule is CCN(C)c1ccc(N)c2ccncc12. The number of nitrogens with two attached hydrogens (primary N) is 1. The Balaban J connectivity index is 2.71. The average molecular weight is 201 g/mol. The number of benzene rings is 1. The molecule has 0 saturated carbocycles. The first kappa shape index (κ1) is 9.77. The van der Waals surface area contributed by atoms with Gasteiger partial charge in [0.1, 0.15) is 0 Å². The summed E-state index contributed by atoms with van der Waals surface area (Å²) in [5, 5.41) is 2.18. The third-order valence-corrected chi connectivity index (χ3v) is 2.71. The molecule has 78 valence electrons. The third-order valence-electron chi connectivity index (χ3n) is 2.71. The molecule has 0 saturated heterocycles. The van der Waals surface area contributed by atoms with E-state index in [1.807, 2.05) is 24.4 Å². The van der Waals surface area contributed by atoms with Crippen LogP contribution in [-0.2, 0) is 0 Å². The van der Waals surface area contributed by atoms with Crippen molar-refractivity contribution in [1.29, 1.82) is 0 Å². The molecule has 2 rings (SSSR count). The molecule has 1 aromatic heterocycles. The molecule has 2 aromatic rings. The van der Waals surface area contributed by atoms with Gasteiger partial charge in [-0.3, -0.25) is 4.98 Å². The maximum Gasteiger partial charge on any atom is 0.0460 e. The lowest BCUT2D eigenvalue weighted by atomic mass is 10.1. The molecule has 3 heteroatoms. The van der Waals surface area contributed by atoms with Crippen molar-refractivity contribution in [3.05, 3.63) is 30.6 Å². The summed E-state index contributed by atoms with van der Waals surface area (Å²) in [5.41, 5.74) is 7.90.